The van der Waals surface area contributed by atoms with Gasteiger partial charge in [0.25, 0.3) is 0 Å². The molecule has 27 heavy (non-hydrogen) atoms. The Morgan fingerprint density at radius 3 is 2.85 bits per heavy atom. The predicted molar refractivity (Wildman–Crippen MR) is 104 cm³/mol. The van der Waals surface area contributed by atoms with E-state index < -0.39 is 0 Å². The van der Waals surface area contributed by atoms with Crippen LogP contribution in [0.1, 0.15) is 12.0 Å². The minimum Gasteiger partial charge on any atom is -0.492 e. The molecule has 3 rings (SSSR count). The number of hydrogen-bond donors (Lipinski definition) is 1. The van der Waals surface area contributed by atoms with E-state index in [4.69, 9.17) is 14.7 Å². The zero-order valence-electron chi connectivity index (χ0n) is 15.4. The Hall–Kier alpha value is -2.62. The Balaban J connectivity index is 1.67. The lowest BCUT2D eigenvalue weighted by molar-refractivity contribution is -0.120. The van der Waals surface area contributed by atoms with Crippen LogP contribution in [0.15, 0.2) is 36.4 Å². The maximum atomic E-state index is 11.5. The van der Waals surface area contributed by atoms with Crippen molar-refractivity contribution >= 4 is 16.7 Å². The van der Waals surface area contributed by atoms with Gasteiger partial charge in [-0.2, -0.15) is 5.26 Å². The van der Waals surface area contributed by atoms with E-state index in [1.165, 1.54) is 0 Å². The number of benzene rings is 2. The Morgan fingerprint density at radius 2 is 2.04 bits per heavy atom. The fourth-order valence-electron chi connectivity index (χ4n) is 3.28. The highest BCUT2D eigenvalue weighted by atomic mass is 16.5. The molecule has 0 saturated carbocycles. The highest BCUT2D eigenvalue weighted by Crippen LogP contribution is 2.28. The Kier molecular flexibility index (Phi) is 7.03. The SMILES string of the molecule is N#CCC(=O)NCCc1c(OCCN2CCOCC2)ccc2ccccc12. The second kappa shape index (κ2) is 9.91. The lowest BCUT2D eigenvalue weighted by Gasteiger charge is -2.26. The molecule has 0 aliphatic carbocycles. The molecule has 2 aromatic carbocycles. The molecule has 1 aliphatic rings. The summed E-state index contributed by atoms with van der Waals surface area (Å²) in [6, 6.07) is 14.1. The standard InChI is InChI=1S/C21H25N3O3/c22-9-7-21(25)23-10-8-19-18-4-2-1-3-17(18)5-6-20(19)27-16-13-24-11-14-26-15-12-24/h1-6H,7-8,10-16H2,(H,23,25). The number of fused-ring (bicyclic) bond motifs is 1. The molecule has 6 heteroatoms. The summed E-state index contributed by atoms with van der Waals surface area (Å²) in [5, 5.41) is 13.7. The van der Waals surface area contributed by atoms with Crippen LogP contribution in [-0.2, 0) is 16.0 Å². The number of rotatable bonds is 8. The summed E-state index contributed by atoms with van der Waals surface area (Å²) in [5.41, 5.74) is 1.09. The molecule has 0 aromatic heterocycles. The molecule has 0 bridgehead atoms. The van der Waals surface area contributed by atoms with Crippen molar-refractivity contribution < 1.29 is 14.3 Å². The first-order valence-electron chi connectivity index (χ1n) is 9.35. The average molecular weight is 367 g/mol. The third-order valence-corrected chi connectivity index (χ3v) is 4.70. The summed E-state index contributed by atoms with van der Waals surface area (Å²) >= 11 is 0. The number of nitrogens with zero attached hydrogens (tertiary/aromatic N) is 2. The monoisotopic (exact) mass is 367 g/mol. The van der Waals surface area contributed by atoms with E-state index in [-0.39, 0.29) is 12.3 Å². The van der Waals surface area contributed by atoms with Crippen molar-refractivity contribution in [2.24, 2.45) is 0 Å². The van der Waals surface area contributed by atoms with Gasteiger partial charge in [-0.25, -0.2) is 0 Å². The topological polar surface area (TPSA) is 74.6 Å². The van der Waals surface area contributed by atoms with Crippen LogP contribution in [0.2, 0.25) is 0 Å². The van der Waals surface area contributed by atoms with Crippen LogP contribution in [-0.4, -0.2) is 56.8 Å². The summed E-state index contributed by atoms with van der Waals surface area (Å²) in [4.78, 5) is 13.9. The van der Waals surface area contributed by atoms with Crippen LogP contribution in [0.25, 0.3) is 10.8 Å². The number of morpholine rings is 1. The van der Waals surface area contributed by atoms with Gasteiger partial charge in [0, 0.05) is 31.7 Å². The van der Waals surface area contributed by atoms with E-state index >= 15 is 0 Å². The van der Waals surface area contributed by atoms with Crippen LogP contribution >= 0.6 is 0 Å². The van der Waals surface area contributed by atoms with Crippen LogP contribution < -0.4 is 10.1 Å². The molecule has 1 aliphatic heterocycles. The van der Waals surface area contributed by atoms with Gasteiger partial charge >= 0.3 is 0 Å². The van der Waals surface area contributed by atoms with Crippen molar-refractivity contribution in [3.63, 3.8) is 0 Å². The lowest BCUT2D eigenvalue weighted by Crippen LogP contribution is -2.38. The maximum Gasteiger partial charge on any atom is 0.234 e. The van der Waals surface area contributed by atoms with Crippen LogP contribution in [0.4, 0.5) is 0 Å². The first-order chi connectivity index (χ1) is 13.3. The Morgan fingerprint density at radius 1 is 1.22 bits per heavy atom. The summed E-state index contributed by atoms with van der Waals surface area (Å²) in [7, 11) is 0. The minimum atomic E-state index is -0.243. The van der Waals surface area contributed by atoms with Crippen molar-refractivity contribution in [2.75, 3.05) is 46.0 Å². The molecule has 1 amide bonds. The first-order valence-corrected chi connectivity index (χ1v) is 9.35. The first kappa shape index (κ1) is 19.2. The molecule has 0 atom stereocenters. The fraction of sp³-hybridized carbons (Fsp3) is 0.429. The van der Waals surface area contributed by atoms with Gasteiger partial charge < -0.3 is 14.8 Å². The van der Waals surface area contributed by atoms with Gasteiger partial charge in [-0.15, -0.1) is 0 Å². The Labute approximate surface area is 159 Å². The molecule has 0 radical (unpaired) electrons. The number of ether oxygens (including phenoxy) is 2. The third kappa shape index (κ3) is 5.43. The molecular weight excluding hydrogens is 342 g/mol. The van der Waals surface area contributed by atoms with E-state index in [0.29, 0.717) is 19.6 Å². The molecule has 1 heterocycles. The lowest BCUT2D eigenvalue weighted by atomic mass is 10.0. The van der Waals surface area contributed by atoms with Crippen LogP contribution in [0.3, 0.4) is 0 Å². The molecule has 1 fully saturated rings. The molecule has 1 N–H and O–H groups in total. The van der Waals surface area contributed by atoms with Gasteiger partial charge in [0.2, 0.25) is 5.91 Å². The molecular formula is C21H25N3O3. The molecule has 1 saturated heterocycles. The highest BCUT2D eigenvalue weighted by molar-refractivity contribution is 5.88. The minimum absolute atomic E-state index is 0.113. The van der Waals surface area contributed by atoms with E-state index in [1.54, 1.807) is 0 Å². The second-order valence-corrected chi connectivity index (χ2v) is 6.50. The summed E-state index contributed by atoms with van der Waals surface area (Å²) in [5.74, 6) is 0.615. The number of carbonyl (C=O) groups excluding carboxylic acids is 1. The van der Waals surface area contributed by atoms with Crippen LogP contribution in [0.5, 0.6) is 5.75 Å². The average Bonchev–Trinajstić information content (AvgIpc) is 2.70. The third-order valence-electron chi connectivity index (χ3n) is 4.70. The second-order valence-electron chi connectivity index (χ2n) is 6.50. The molecule has 0 spiro atoms. The van der Waals surface area contributed by atoms with Gasteiger partial charge in [0.05, 0.1) is 19.3 Å². The van der Waals surface area contributed by atoms with Gasteiger partial charge in [-0.1, -0.05) is 30.3 Å². The largest absolute Gasteiger partial charge is 0.492 e. The van der Waals surface area contributed by atoms with E-state index in [0.717, 1.165) is 54.9 Å². The fourth-order valence-corrected chi connectivity index (χ4v) is 3.28. The molecule has 0 unspecified atom stereocenters. The predicted octanol–water partition coefficient (Wildman–Crippen LogP) is 2.12. The maximum absolute atomic E-state index is 11.5. The number of carbonyl (C=O) groups is 1. The van der Waals surface area contributed by atoms with Crippen molar-refractivity contribution in [1.29, 1.82) is 5.26 Å². The summed E-state index contributed by atoms with van der Waals surface area (Å²) in [6.45, 7) is 5.42. The molecule has 142 valence electrons. The summed E-state index contributed by atoms with van der Waals surface area (Å²) in [6.07, 6.45) is 0.545. The normalized spacial score (nSPS) is 14.6. The molecule has 2 aromatic rings. The van der Waals surface area contributed by atoms with E-state index in [1.807, 2.05) is 24.3 Å². The Bertz CT molecular complexity index is 810. The van der Waals surface area contributed by atoms with Gasteiger partial charge in [-0.05, 0) is 23.3 Å². The highest BCUT2D eigenvalue weighted by Gasteiger charge is 2.12. The van der Waals surface area contributed by atoms with Crippen molar-refractivity contribution in [3.8, 4) is 11.8 Å². The summed E-state index contributed by atoms with van der Waals surface area (Å²) < 4.78 is 11.5. The van der Waals surface area contributed by atoms with E-state index in [2.05, 4.69) is 28.4 Å². The number of hydrogen-bond acceptors (Lipinski definition) is 5. The van der Waals surface area contributed by atoms with Gasteiger partial charge in [0.1, 0.15) is 18.8 Å². The number of amides is 1. The van der Waals surface area contributed by atoms with Crippen molar-refractivity contribution in [1.82, 2.24) is 10.2 Å². The van der Waals surface area contributed by atoms with Crippen molar-refractivity contribution in [2.45, 2.75) is 12.8 Å². The number of nitriles is 1. The van der Waals surface area contributed by atoms with Gasteiger partial charge in [-0.3, -0.25) is 9.69 Å². The van der Waals surface area contributed by atoms with Crippen LogP contribution in [0, 0.1) is 11.3 Å². The van der Waals surface area contributed by atoms with Gasteiger partial charge in [0.15, 0.2) is 0 Å². The number of nitrogens with one attached hydrogen (secondary N) is 1. The molecule has 6 nitrogen and oxygen atoms in total. The zero-order chi connectivity index (χ0) is 18.9. The smallest absolute Gasteiger partial charge is 0.234 e. The quantitative estimate of drug-likeness (QED) is 0.774. The zero-order valence-corrected chi connectivity index (χ0v) is 15.4. The van der Waals surface area contributed by atoms with E-state index in [9.17, 15) is 4.79 Å². The van der Waals surface area contributed by atoms with Crippen molar-refractivity contribution in [3.05, 3.63) is 42.0 Å².